The van der Waals surface area contributed by atoms with Gasteiger partial charge in [0.05, 0.1) is 3.57 Å². The highest BCUT2D eigenvalue weighted by atomic mass is 127. The molecular formula is C11H7FINO3S. The average molecular weight is 379 g/mol. The molecule has 0 unspecified atom stereocenters. The van der Waals surface area contributed by atoms with E-state index >= 15 is 0 Å². The van der Waals surface area contributed by atoms with Crippen LogP contribution in [0.1, 0.15) is 0 Å². The molecule has 2 aromatic rings. The van der Waals surface area contributed by atoms with E-state index in [1.54, 1.807) is 12.1 Å². The van der Waals surface area contributed by atoms with Crippen LogP contribution in [0.2, 0.25) is 0 Å². The van der Waals surface area contributed by atoms with Crippen molar-refractivity contribution in [2.75, 3.05) is 0 Å². The number of para-hydroxylation sites is 1. The van der Waals surface area contributed by atoms with Crippen molar-refractivity contribution in [3.05, 3.63) is 52.0 Å². The van der Waals surface area contributed by atoms with E-state index in [1.165, 1.54) is 24.4 Å². The van der Waals surface area contributed by atoms with Gasteiger partial charge >= 0.3 is 10.1 Å². The summed E-state index contributed by atoms with van der Waals surface area (Å²) in [6, 6.07) is 8.46. The zero-order valence-electron chi connectivity index (χ0n) is 8.88. The Morgan fingerprint density at radius 3 is 2.56 bits per heavy atom. The maximum atomic E-state index is 13.3. The van der Waals surface area contributed by atoms with E-state index in [0.717, 1.165) is 6.07 Å². The molecule has 7 heteroatoms. The van der Waals surface area contributed by atoms with Crippen LogP contribution in [0.25, 0.3) is 0 Å². The molecule has 0 radical (unpaired) electrons. The lowest BCUT2D eigenvalue weighted by molar-refractivity contribution is 0.458. The van der Waals surface area contributed by atoms with Gasteiger partial charge in [-0.1, -0.05) is 12.1 Å². The maximum Gasteiger partial charge on any atom is 0.358 e. The van der Waals surface area contributed by atoms with Crippen molar-refractivity contribution < 1.29 is 17.0 Å². The molecule has 0 atom stereocenters. The number of benzene rings is 1. The van der Waals surface area contributed by atoms with Crippen LogP contribution in [-0.2, 0) is 10.1 Å². The van der Waals surface area contributed by atoms with Crippen LogP contribution >= 0.6 is 22.6 Å². The summed E-state index contributed by atoms with van der Waals surface area (Å²) in [4.78, 5) is 3.73. The molecule has 1 aromatic carbocycles. The van der Waals surface area contributed by atoms with Crippen LogP contribution in [0.15, 0.2) is 47.6 Å². The SMILES string of the molecule is O=S(=O)(Oc1ccccc1F)c1ncccc1I. The van der Waals surface area contributed by atoms with Crippen molar-refractivity contribution in [2.45, 2.75) is 5.03 Å². The minimum Gasteiger partial charge on any atom is -0.375 e. The Hall–Kier alpha value is -1.22. The molecule has 0 spiro atoms. The van der Waals surface area contributed by atoms with Crippen molar-refractivity contribution in [1.82, 2.24) is 4.98 Å². The zero-order valence-corrected chi connectivity index (χ0v) is 11.9. The Labute approximate surface area is 117 Å². The minimum absolute atomic E-state index is 0.228. The highest BCUT2D eigenvalue weighted by molar-refractivity contribution is 14.1. The number of halogens is 2. The standard InChI is InChI=1S/C11H7FINO3S/c12-8-4-1-2-6-10(8)17-18(15,16)11-9(13)5-3-7-14-11/h1-7H. The van der Waals surface area contributed by atoms with Gasteiger partial charge in [0.15, 0.2) is 11.6 Å². The predicted molar refractivity (Wildman–Crippen MR) is 71.2 cm³/mol. The third-order valence-electron chi connectivity index (χ3n) is 2.00. The Morgan fingerprint density at radius 1 is 1.17 bits per heavy atom. The van der Waals surface area contributed by atoms with Gasteiger partial charge in [-0.05, 0) is 46.9 Å². The molecule has 0 saturated carbocycles. The molecule has 18 heavy (non-hydrogen) atoms. The second-order valence-electron chi connectivity index (χ2n) is 3.26. The van der Waals surface area contributed by atoms with Crippen LogP contribution in [0.5, 0.6) is 5.75 Å². The van der Waals surface area contributed by atoms with E-state index in [9.17, 15) is 12.8 Å². The third-order valence-corrected chi connectivity index (χ3v) is 4.43. The lowest BCUT2D eigenvalue weighted by Gasteiger charge is -2.07. The maximum absolute atomic E-state index is 13.3. The quantitative estimate of drug-likeness (QED) is 0.608. The summed E-state index contributed by atoms with van der Waals surface area (Å²) in [6.45, 7) is 0. The molecule has 1 aromatic heterocycles. The molecule has 0 aliphatic carbocycles. The summed E-state index contributed by atoms with van der Waals surface area (Å²) in [5, 5.41) is -0.228. The molecular weight excluding hydrogens is 372 g/mol. The van der Waals surface area contributed by atoms with E-state index in [-0.39, 0.29) is 10.8 Å². The van der Waals surface area contributed by atoms with Crippen LogP contribution < -0.4 is 4.18 Å². The lowest BCUT2D eigenvalue weighted by Crippen LogP contribution is -2.13. The van der Waals surface area contributed by atoms with Crippen molar-refractivity contribution >= 4 is 32.7 Å². The largest absolute Gasteiger partial charge is 0.375 e. The molecule has 0 aliphatic rings. The first kappa shape index (κ1) is 13.2. The molecule has 0 aliphatic heterocycles. The molecule has 2 rings (SSSR count). The number of nitrogens with zero attached hydrogens (tertiary/aromatic N) is 1. The normalized spacial score (nSPS) is 11.2. The first-order valence-electron chi connectivity index (χ1n) is 4.80. The van der Waals surface area contributed by atoms with Gasteiger partial charge in [-0.3, -0.25) is 0 Å². The van der Waals surface area contributed by atoms with Crippen molar-refractivity contribution in [3.8, 4) is 5.75 Å². The van der Waals surface area contributed by atoms with Crippen molar-refractivity contribution in [1.29, 1.82) is 0 Å². The second-order valence-corrected chi connectivity index (χ2v) is 5.88. The number of hydrogen-bond acceptors (Lipinski definition) is 4. The third kappa shape index (κ3) is 2.78. The monoisotopic (exact) mass is 379 g/mol. The van der Waals surface area contributed by atoms with Crippen LogP contribution in [0.3, 0.4) is 0 Å². The van der Waals surface area contributed by atoms with E-state index in [4.69, 9.17) is 4.18 Å². The van der Waals surface area contributed by atoms with Crippen LogP contribution in [-0.4, -0.2) is 13.4 Å². The van der Waals surface area contributed by atoms with E-state index < -0.39 is 15.9 Å². The van der Waals surface area contributed by atoms with Gasteiger partial charge in [0.2, 0.25) is 5.03 Å². The highest BCUT2D eigenvalue weighted by Crippen LogP contribution is 2.22. The molecule has 0 fully saturated rings. The van der Waals surface area contributed by atoms with Gasteiger partial charge in [-0.15, -0.1) is 0 Å². The Kier molecular flexibility index (Phi) is 3.81. The Balaban J connectivity index is 2.40. The number of aromatic nitrogens is 1. The first-order chi connectivity index (χ1) is 8.50. The van der Waals surface area contributed by atoms with Gasteiger partial charge in [-0.25, -0.2) is 9.37 Å². The molecule has 0 bridgehead atoms. The molecule has 0 amide bonds. The number of hydrogen-bond donors (Lipinski definition) is 0. The predicted octanol–water partition coefficient (Wildman–Crippen LogP) is 2.59. The summed E-state index contributed by atoms with van der Waals surface area (Å²) >= 11 is 1.82. The summed E-state index contributed by atoms with van der Waals surface area (Å²) in [7, 11) is -4.13. The van der Waals surface area contributed by atoms with Gasteiger partial charge in [0, 0.05) is 6.20 Å². The van der Waals surface area contributed by atoms with E-state index in [2.05, 4.69) is 4.98 Å². The highest BCUT2D eigenvalue weighted by Gasteiger charge is 2.22. The Bertz CT molecular complexity index is 675. The molecule has 4 nitrogen and oxygen atoms in total. The minimum atomic E-state index is -4.13. The van der Waals surface area contributed by atoms with E-state index in [1.807, 2.05) is 22.6 Å². The van der Waals surface area contributed by atoms with Gasteiger partial charge in [-0.2, -0.15) is 8.42 Å². The molecule has 1 heterocycles. The number of rotatable bonds is 3. The number of pyridine rings is 1. The van der Waals surface area contributed by atoms with Crippen LogP contribution in [0, 0.1) is 9.39 Å². The topological polar surface area (TPSA) is 56.3 Å². The molecule has 0 saturated heterocycles. The lowest BCUT2D eigenvalue weighted by atomic mass is 10.3. The summed E-state index contributed by atoms with van der Waals surface area (Å²) in [6.07, 6.45) is 1.33. The Morgan fingerprint density at radius 2 is 1.89 bits per heavy atom. The molecule has 0 N–H and O–H groups in total. The zero-order chi connectivity index (χ0) is 13.2. The fourth-order valence-corrected chi connectivity index (χ4v) is 3.33. The summed E-state index contributed by atoms with van der Waals surface area (Å²) in [5.41, 5.74) is 0. The fraction of sp³-hybridized carbons (Fsp3) is 0. The molecule has 94 valence electrons. The van der Waals surface area contributed by atoms with Gasteiger partial charge < -0.3 is 4.18 Å². The fourth-order valence-electron chi connectivity index (χ4n) is 1.23. The van der Waals surface area contributed by atoms with Crippen molar-refractivity contribution in [2.24, 2.45) is 0 Å². The van der Waals surface area contributed by atoms with Gasteiger partial charge in [0.1, 0.15) is 0 Å². The second kappa shape index (κ2) is 5.19. The smallest absolute Gasteiger partial charge is 0.358 e. The van der Waals surface area contributed by atoms with E-state index in [0.29, 0.717) is 3.57 Å². The summed E-state index contributed by atoms with van der Waals surface area (Å²) in [5.74, 6) is -1.09. The van der Waals surface area contributed by atoms with Crippen LogP contribution in [0.4, 0.5) is 4.39 Å². The van der Waals surface area contributed by atoms with Gasteiger partial charge in [0.25, 0.3) is 0 Å². The average Bonchev–Trinajstić information content (AvgIpc) is 2.32. The van der Waals surface area contributed by atoms with Crippen molar-refractivity contribution in [3.63, 3.8) is 0 Å². The summed E-state index contributed by atoms with van der Waals surface area (Å²) < 4.78 is 42.3. The first-order valence-corrected chi connectivity index (χ1v) is 7.29.